The number of nitrogens with zero attached hydrogens (tertiary/aromatic N) is 3. The van der Waals surface area contributed by atoms with E-state index in [1.54, 1.807) is 23.2 Å². The summed E-state index contributed by atoms with van der Waals surface area (Å²) in [6.07, 6.45) is 0. The maximum atomic E-state index is 14.7. The van der Waals surface area contributed by atoms with Crippen molar-refractivity contribution in [2.75, 3.05) is 18.6 Å². The number of imide groups is 1. The van der Waals surface area contributed by atoms with Crippen molar-refractivity contribution in [2.45, 2.75) is 12.1 Å². The van der Waals surface area contributed by atoms with Gasteiger partial charge in [0.1, 0.15) is 11.9 Å². The third-order valence-electron chi connectivity index (χ3n) is 5.85. The van der Waals surface area contributed by atoms with Crippen LogP contribution in [0.5, 0.6) is 0 Å². The molecule has 0 bridgehead atoms. The van der Waals surface area contributed by atoms with Crippen molar-refractivity contribution in [3.8, 4) is 0 Å². The Hall–Kier alpha value is -2.99. The van der Waals surface area contributed by atoms with E-state index in [2.05, 4.69) is 6.58 Å². The molecule has 0 aromatic heterocycles. The molecule has 3 heterocycles. The highest BCUT2D eigenvalue weighted by Gasteiger charge is 2.62. The average Bonchev–Trinajstić information content (AvgIpc) is 3.11. The van der Waals surface area contributed by atoms with E-state index in [-0.39, 0.29) is 17.9 Å². The number of fused-ring (bicyclic) bond motifs is 5. The summed E-state index contributed by atoms with van der Waals surface area (Å²) in [6, 6.07) is 13.1. The number of hydrogen-bond acceptors (Lipinski definition) is 4. The first-order valence-electron chi connectivity index (χ1n) is 8.89. The average molecular weight is 363 g/mol. The molecule has 0 saturated carbocycles. The largest absolute Gasteiger partial charge is 0.289 e. The van der Waals surface area contributed by atoms with Crippen molar-refractivity contribution >= 4 is 23.1 Å². The number of likely N-dealkylation sites (N-methyl/N-ethyl adjacent to an activating group) is 1. The van der Waals surface area contributed by atoms with Crippen LogP contribution in [-0.2, 0) is 9.59 Å². The fourth-order valence-corrected chi connectivity index (χ4v) is 4.67. The maximum absolute atomic E-state index is 14.7. The lowest BCUT2D eigenvalue weighted by Crippen LogP contribution is -2.49. The van der Waals surface area contributed by atoms with Crippen LogP contribution in [0.1, 0.15) is 17.2 Å². The topological polar surface area (TPSA) is 43.9 Å². The number of hydrogen-bond donors (Lipinski definition) is 0. The van der Waals surface area contributed by atoms with Gasteiger partial charge in [-0.05, 0) is 28.8 Å². The zero-order valence-electron chi connectivity index (χ0n) is 14.8. The fourth-order valence-electron chi connectivity index (χ4n) is 4.67. The summed E-state index contributed by atoms with van der Waals surface area (Å²) >= 11 is 0. The Bertz CT molecular complexity index is 1000. The minimum absolute atomic E-state index is 0.221. The highest BCUT2D eigenvalue weighted by atomic mass is 19.1. The molecule has 27 heavy (non-hydrogen) atoms. The lowest BCUT2D eigenvalue weighted by Gasteiger charge is -2.40. The highest BCUT2D eigenvalue weighted by molar-refractivity contribution is 6.09. The predicted octanol–water partition coefficient (Wildman–Crippen LogP) is 2.61. The zero-order valence-corrected chi connectivity index (χ0v) is 14.8. The normalized spacial score (nSPS) is 27.0. The summed E-state index contributed by atoms with van der Waals surface area (Å²) in [7, 11) is 1.50. The highest BCUT2D eigenvalue weighted by Crippen LogP contribution is 2.51. The van der Waals surface area contributed by atoms with Crippen LogP contribution in [0.4, 0.5) is 10.1 Å². The molecule has 0 spiro atoms. The van der Waals surface area contributed by atoms with Crippen LogP contribution in [0.15, 0.2) is 55.1 Å². The summed E-state index contributed by atoms with van der Waals surface area (Å²) in [4.78, 5) is 27.0. The van der Waals surface area contributed by atoms with Gasteiger partial charge in [-0.3, -0.25) is 19.5 Å². The molecule has 2 saturated heterocycles. The van der Waals surface area contributed by atoms with Crippen LogP contribution < -0.4 is 5.01 Å². The lowest BCUT2D eigenvalue weighted by atomic mass is 9.83. The molecule has 0 radical (unpaired) electrons. The summed E-state index contributed by atoms with van der Waals surface area (Å²) < 4.78 is 14.7. The van der Waals surface area contributed by atoms with Crippen LogP contribution >= 0.6 is 0 Å². The number of benzene rings is 2. The van der Waals surface area contributed by atoms with E-state index in [4.69, 9.17) is 0 Å². The molecule has 3 aliphatic heterocycles. The molecule has 2 aromatic carbocycles. The van der Waals surface area contributed by atoms with E-state index in [1.165, 1.54) is 18.0 Å². The van der Waals surface area contributed by atoms with Gasteiger partial charge in [-0.1, -0.05) is 43.0 Å². The van der Waals surface area contributed by atoms with E-state index in [9.17, 15) is 14.0 Å². The Labute approximate surface area is 156 Å². The number of rotatable bonds is 1. The lowest BCUT2D eigenvalue weighted by molar-refractivity contribution is -0.139. The number of halogens is 1. The Morgan fingerprint density at radius 1 is 1.00 bits per heavy atom. The van der Waals surface area contributed by atoms with E-state index in [0.29, 0.717) is 12.2 Å². The molecule has 2 aromatic rings. The number of para-hydroxylation sites is 1. The SMILES string of the molecule is C=C1CN2[C@@H](c3ccccc31)[C@@H]1C(=O)N(C)C(=O)[C@@H]1N2c1ccccc1F. The number of amides is 2. The van der Waals surface area contributed by atoms with Gasteiger partial charge in [0.25, 0.3) is 5.91 Å². The first-order chi connectivity index (χ1) is 13.0. The van der Waals surface area contributed by atoms with Crippen LogP contribution in [0.3, 0.4) is 0 Å². The third-order valence-corrected chi connectivity index (χ3v) is 5.85. The second-order valence-corrected chi connectivity index (χ2v) is 7.24. The minimum Gasteiger partial charge on any atom is -0.289 e. The van der Waals surface area contributed by atoms with Crippen LogP contribution in [0.25, 0.3) is 5.57 Å². The van der Waals surface area contributed by atoms with Crippen LogP contribution in [0, 0.1) is 11.7 Å². The number of carbonyl (C=O) groups excluding carboxylic acids is 2. The molecule has 2 amide bonds. The predicted molar refractivity (Wildman–Crippen MR) is 98.9 cm³/mol. The van der Waals surface area contributed by atoms with E-state index >= 15 is 0 Å². The summed E-state index contributed by atoms with van der Waals surface area (Å²) in [5, 5.41) is 3.61. The van der Waals surface area contributed by atoms with Gasteiger partial charge >= 0.3 is 0 Å². The Morgan fingerprint density at radius 3 is 2.48 bits per heavy atom. The van der Waals surface area contributed by atoms with Gasteiger partial charge < -0.3 is 0 Å². The van der Waals surface area contributed by atoms with Crippen molar-refractivity contribution in [1.82, 2.24) is 9.91 Å². The molecule has 2 fully saturated rings. The first-order valence-corrected chi connectivity index (χ1v) is 8.89. The Balaban J connectivity index is 1.75. The summed E-state index contributed by atoms with van der Waals surface area (Å²) in [6.45, 7) is 4.61. The first kappa shape index (κ1) is 16.2. The van der Waals surface area contributed by atoms with Crippen molar-refractivity contribution in [2.24, 2.45) is 5.92 Å². The summed E-state index contributed by atoms with van der Waals surface area (Å²) in [5.41, 5.74) is 3.15. The van der Waals surface area contributed by atoms with Gasteiger partial charge in [-0.2, -0.15) is 0 Å². The molecule has 5 rings (SSSR count). The monoisotopic (exact) mass is 363 g/mol. The Morgan fingerprint density at radius 2 is 1.70 bits per heavy atom. The number of carbonyl (C=O) groups is 2. The van der Waals surface area contributed by atoms with Gasteiger partial charge in [0.05, 0.1) is 17.6 Å². The molecule has 0 aliphatic carbocycles. The number of likely N-dealkylation sites (tertiary alicyclic amines) is 1. The van der Waals surface area contributed by atoms with E-state index in [1.807, 2.05) is 29.3 Å². The zero-order chi connectivity index (χ0) is 18.9. The van der Waals surface area contributed by atoms with Crippen molar-refractivity contribution in [1.29, 1.82) is 0 Å². The quantitative estimate of drug-likeness (QED) is 0.731. The molecule has 6 heteroatoms. The van der Waals surface area contributed by atoms with Crippen LogP contribution in [-0.4, -0.2) is 41.4 Å². The van der Waals surface area contributed by atoms with Gasteiger partial charge in [-0.15, -0.1) is 0 Å². The third kappa shape index (κ3) is 2.01. The smallest absolute Gasteiger partial charge is 0.254 e. The van der Waals surface area contributed by atoms with Gasteiger partial charge in [0.2, 0.25) is 5.91 Å². The van der Waals surface area contributed by atoms with Crippen molar-refractivity contribution in [3.05, 3.63) is 72.1 Å². The number of anilines is 1. The maximum Gasteiger partial charge on any atom is 0.254 e. The second kappa shape index (κ2) is 5.50. The van der Waals surface area contributed by atoms with Gasteiger partial charge in [0.15, 0.2) is 0 Å². The molecule has 3 atom stereocenters. The molecule has 136 valence electrons. The Kier molecular flexibility index (Phi) is 3.30. The molecular weight excluding hydrogens is 345 g/mol. The van der Waals surface area contributed by atoms with Crippen molar-refractivity contribution in [3.63, 3.8) is 0 Å². The second-order valence-electron chi connectivity index (χ2n) is 7.24. The van der Waals surface area contributed by atoms with E-state index in [0.717, 1.165) is 16.7 Å². The van der Waals surface area contributed by atoms with Crippen molar-refractivity contribution < 1.29 is 14.0 Å². The van der Waals surface area contributed by atoms with Crippen LogP contribution in [0.2, 0.25) is 0 Å². The van der Waals surface area contributed by atoms with E-state index < -0.39 is 17.8 Å². The fraction of sp³-hybridized carbons (Fsp3) is 0.238. The molecule has 5 nitrogen and oxygen atoms in total. The number of hydrazine groups is 1. The molecule has 0 N–H and O–H groups in total. The minimum atomic E-state index is -0.747. The standard InChI is InChI=1S/C21H18FN3O2/c1-12-11-24-18(14-8-4-3-7-13(12)14)17-19(21(27)23(2)20(17)26)25(24)16-10-6-5-9-15(16)22/h3-10,17-19H,1,11H2,2H3/t17-,18-,19+/m0/s1. The molecular formula is C21H18FN3O2. The van der Waals surface area contributed by atoms with Gasteiger partial charge in [-0.25, -0.2) is 9.40 Å². The van der Waals surface area contributed by atoms with Gasteiger partial charge in [0, 0.05) is 13.6 Å². The molecule has 3 aliphatic rings. The summed E-state index contributed by atoms with van der Waals surface area (Å²) in [5.74, 6) is -1.51. The molecule has 0 unspecified atom stereocenters.